The van der Waals surface area contributed by atoms with Crippen molar-refractivity contribution in [3.63, 3.8) is 0 Å². The zero-order chi connectivity index (χ0) is 11.1. The van der Waals surface area contributed by atoms with Crippen LogP contribution in [0.15, 0.2) is 29.2 Å². The third kappa shape index (κ3) is 4.01. The van der Waals surface area contributed by atoms with Gasteiger partial charge >= 0.3 is 0 Å². The minimum absolute atomic E-state index is 0.0314. The van der Waals surface area contributed by atoms with E-state index in [1.54, 1.807) is 22.9 Å². The Hall–Kier alpha value is -1.53. The van der Waals surface area contributed by atoms with Crippen LogP contribution in [-0.2, 0) is 6.54 Å². The maximum absolute atomic E-state index is 11.3. The lowest BCUT2D eigenvalue weighted by Gasteiger charge is -2.11. The molecule has 3 nitrogen and oxygen atoms in total. The van der Waals surface area contributed by atoms with Crippen LogP contribution in [0.2, 0.25) is 0 Å². The van der Waals surface area contributed by atoms with Crippen LogP contribution in [0.25, 0.3) is 0 Å². The number of aromatic nitrogens is 1. The third-order valence-corrected chi connectivity index (χ3v) is 2.17. The Kier molecular flexibility index (Phi) is 4.65. The van der Waals surface area contributed by atoms with Crippen LogP contribution in [0.1, 0.15) is 13.3 Å². The van der Waals surface area contributed by atoms with Crippen molar-refractivity contribution in [2.75, 3.05) is 6.54 Å². The highest BCUT2D eigenvalue weighted by molar-refractivity contribution is 4.93. The van der Waals surface area contributed by atoms with Crippen LogP contribution in [0, 0.1) is 12.3 Å². The molecule has 80 valence electrons. The zero-order valence-corrected chi connectivity index (χ0v) is 8.94. The number of rotatable bonds is 5. The molecular formula is C12H16N2O. The lowest BCUT2D eigenvalue weighted by atomic mass is 10.2. The van der Waals surface area contributed by atoms with E-state index in [1.807, 2.05) is 13.0 Å². The molecule has 3 heteroatoms. The fraction of sp³-hybridized carbons (Fsp3) is 0.417. The van der Waals surface area contributed by atoms with Crippen LogP contribution in [0.3, 0.4) is 0 Å². The van der Waals surface area contributed by atoms with Crippen molar-refractivity contribution in [3.05, 3.63) is 34.7 Å². The van der Waals surface area contributed by atoms with E-state index < -0.39 is 0 Å². The van der Waals surface area contributed by atoms with E-state index in [4.69, 9.17) is 6.42 Å². The van der Waals surface area contributed by atoms with Gasteiger partial charge < -0.3 is 9.88 Å². The summed E-state index contributed by atoms with van der Waals surface area (Å²) >= 11 is 0. The number of hydrogen-bond acceptors (Lipinski definition) is 2. The van der Waals surface area contributed by atoms with Crippen LogP contribution in [0.4, 0.5) is 0 Å². The van der Waals surface area contributed by atoms with Crippen molar-refractivity contribution < 1.29 is 0 Å². The van der Waals surface area contributed by atoms with Gasteiger partial charge in [0.25, 0.3) is 5.56 Å². The summed E-state index contributed by atoms with van der Waals surface area (Å²) in [4.78, 5) is 11.3. The van der Waals surface area contributed by atoms with E-state index in [1.165, 1.54) is 0 Å². The predicted molar refractivity (Wildman–Crippen MR) is 61.6 cm³/mol. The Labute approximate surface area is 90.1 Å². The monoisotopic (exact) mass is 204 g/mol. The molecule has 15 heavy (non-hydrogen) atoms. The number of nitrogens with zero attached hydrogens (tertiary/aromatic N) is 1. The molecule has 0 amide bonds. The Balaban J connectivity index is 2.36. The summed E-state index contributed by atoms with van der Waals surface area (Å²) < 4.78 is 1.68. The van der Waals surface area contributed by atoms with Crippen molar-refractivity contribution in [2.45, 2.75) is 25.9 Å². The van der Waals surface area contributed by atoms with Crippen LogP contribution < -0.4 is 10.9 Å². The molecule has 0 saturated carbocycles. The fourth-order valence-electron chi connectivity index (χ4n) is 1.33. The second kappa shape index (κ2) is 6.05. The minimum atomic E-state index is 0.0314. The summed E-state index contributed by atoms with van der Waals surface area (Å²) in [5.74, 6) is 2.60. The molecule has 1 aromatic heterocycles. The van der Waals surface area contributed by atoms with Crippen molar-refractivity contribution in [3.8, 4) is 12.3 Å². The quantitative estimate of drug-likeness (QED) is 0.721. The summed E-state index contributed by atoms with van der Waals surface area (Å²) in [6.45, 7) is 3.47. The van der Waals surface area contributed by atoms with Gasteiger partial charge in [0.2, 0.25) is 0 Å². The van der Waals surface area contributed by atoms with E-state index >= 15 is 0 Å². The van der Waals surface area contributed by atoms with Gasteiger partial charge in [0.05, 0.1) is 0 Å². The Morgan fingerprint density at radius 3 is 3.07 bits per heavy atom. The lowest BCUT2D eigenvalue weighted by Crippen LogP contribution is -2.31. The topological polar surface area (TPSA) is 34.0 Å². The minimum Gasteiger partial charge on any atom is -0.314 e. The Morgan fingerprint density at radius 1 is 1.60 bits per heavy atom. The second-order valence-electron chi connectivity index (χ2n) is 3.50. The first-order valence-electron chi connectivity index (χ1n) is 5.06. The third-order valence-electron chi connectivity index (χ3n) is 2.17. The van der Waals surface area contributed by atoms with Gasteiger partial charge in [-0.2, -0.15) is 0 Å². The number of terminal acetylenes is 1. The smallest absolute Gasteiger partial charge is 0.250 e. The van der Waals surface area contributed by atoms with Gasteiger partial charge in [0, 0.05) is 37.8 Å². The molecule has 1 unspecified atom stereocenters. The molecule has 0 aliphatic rings. The average molecular weight is 204 g/mol. The van der Waals surface area contributed by atoms with Gasteiger partial charge in [0.1, 0.15) is 0 Å². The van der Waals surface area contributed by atoms with Gasteiger partial charge in [-0.15, -0.1) is 12.3 Å². The molecule has 1 aromatic rings. The van der Waals surface area contributed by atoms with Gasteiger partial charge in [-0.1, -0.05) is 6.07 Å². The summed E-state index contributed by atoms with van der Waals surface area (Å²) in [6, 6.07) is 5.46. The molecule has 0 aromatic carbocycles. The normalized spacial score (nSPS) is 12.0. The van der Waals surface area contributed by atoms with Gasteiger partial charge in [0.15, 0.2) is 0 Å². The highest BCUT2D eigenvalue weighted by atomic mass is 16.1. The fourth-order valence-corrected chi connectivity index (χ4v) is 1.33. The Morgan fingerprint density at radius 2 is 2.40 bits per heavy atom. The highest BCUT2D eigenvalue weighted by Gasteiger charge is 1.98. The summed E-state index contributed by atoms with van der Waals surface area (Å²) in [7, 11) is 0. The first-order valence-corrected chi connectivity index (χ1v) is 5.06. The molecule has 1 rings (SSSR count). The summed E-state index contributed by atoms with van der Waals surface area (Å²) in [5, 5.41) is 3.26. The van der Waals surface area contributed by atoms with Gasteiger partial charge in [-0.05, 0) is 13.0 Å². The SMILES string of the molecule is C#CCC(C)NCCn1ccccc1=O. The molecule has 0 spiro atoms. The van der Waals surface area contributed by atoms with E-state index in [9.17, 15) is 4.79 Å². The largest absolute Gasteiger partial charge is 0.314 e. The van der Waals surface area contributed by atoms with Crippen LogP contribution in [-0.4, -0.2) is 17.2 Å². The lowest BCUT2D eigenvalue weighted by molar-refractivity contribution is 0.516. The van der Waals surface area contributed by atoms with E-state index in [-0.39, 0.29) is 5.56 Å². The predicted octanol–water partition coefficient (Wildman–Crippen LogP) is 0.850. The molecule has 1 atom stereocenters. The highest BCUT2D eigenvalue weighted by Crippen LogP contribution is 1.87. The average Bonchev–Trinajstić information content (AvgIpc) is 2.21. The van der Waals surface area contributed by atoms with Gasteiger partial charge in [-0.3, -0.25) is 4.79 Å². The van der Waals surface area contributed by atoms with Crippen molar-refractivity contribution >= 4 is 0 Å². The molecule has 0 aliphatic carbocycles. The van der Waals surface area contributed by atoms with E-state index in [0.717, 1.165) is 6.54 Å². The van der Waals surface area contributed by atoms with Crippen LogP contribution in [0.5, 0.6) is 0 Å². The van der Waals surface area contributed by atoms with Gasteiger partial charge in [-0.25, -0.2) is 0 Å². The summed E-state index contributed by atoms with van der Waals surface area (Å²) in [5.41, 5.74) is 0.0314. The molecule has 0 radical (unpaired) electrons. The molecular weight excluding hydrogens is 188 g/mol. The van der Waals surface area contributed by atoms with Crippen molar-refractivity contribution in [2.24, 2.45) is 0 Å². The van der Waals surface area contributed by atoms with Crippen LogP contribution >= 0.6 is 0 Å². The molecule has 1 N–H and O–H groups in total. The number of pyridine rings is 1. The standard InChI is InChI=1S/C12H16N2O/c1-3-6-11(2)13-8-10-14-9-5-4-7-12(14)15/h1,4-5,7,9,11,13H,6,8,10H2,2H3. The van der Waals surface area contributed by atoms with Crippen molar-refractivity contribution in [1.29, 1.82) is 0 Å². The second-order valence-corrected chi connectivity index (χ2v) is 3.50. The zero-order valence-electron chi connectivity index (χ0n) is 8.94. The van der Waals surface area contributed by atoms with E-state index in [2.05, 4.69) is 11.2 Å². The maximum atomic E-state index is 11.3. The molecule has 0 bridgehead atoms. The van der Waals surface area contributed by atoms with Crippen molar-refractivity contribution in [1.82, 2.24) is 9.88 Å². The Bertz CT molecular complexity index is 389. The molecule has 0 fully saturated rings. The number of nitrogens with one attached hydrogen (secondary N) is 1. The number of hydrogen-bond donors (Lipinski definition) is 1. The van der Waals surface area contributed by atoms with E-state index in [0.29, 0.717) is 19.0 Å². The maximum Gasteiger partial charge on any atom is 0.250 e. The molecule has 0 saturated heterocycles. The summed E-state index contributed by atoms with van der Waals surface area (Å²) in [6.07, 6.45) is 7.69. The first kappa shape index (κ1) is 11.5. The first-order chi connectivity index (χ1) is 7.24. The molecule has 0 aliphatic heterocycles. The molecule has 1 heterocycles.